The number of likely N-dealkylation sites (tertiary alicyclic amines) is 1. The van der Waals surface area contributed by atoms with Crippen molar-refractivity contribution in [2.75, 3.05) is 13.1 Å². The summed E-state index contributed by atoms with van der Waals surface area (Å²) >= 11 is 1.46. The van der Waals surface area contributed by atoms with Gasteiger partial charge in [0, 0.05) is 5.69 Å². The predicted octanol–water partition coefficient (Wildman–Crippen LogP) is 5.51. The van der Waals surface area contributed by atoms with E-state index >= 15 is 0 Å². The second-order valence-electron chi connectivity index (χ2n) is 8.54. The highest BCUT2D eigenvalue weighted by Gasteiger charge is 2.26. The Labute approximate surface area is 201 Å². The van der Waals surface area contributed by atoms with Gasteiger partial charge in [-0.15, -0.1) is 20.4 Å². The molecule has 0 aliphatic carbocycles. The lowest BCUT2D eigenvalue weighted by Crippen LogP contribution is -2.33. The molecule has 1 aliphatic heterocycles. The molecule has 3 aromatic heterocycles. The normalized spacial score (nSPS) is 15.6. The van der Waals surface area contributed by atoms with Crippen LogP contribution in [0, 0.1) is 19.7 Å². The quantitative estimate of drug-likeness (QED) is 0.319. The molecule has 0 bridgehead atoms. The topological polar surface area (TPSA) is 86.0 Å². The smallest absolute Gasteiger partial charge is 0.251 e. The van der Waals surface area contributed by atoms with Crippen LogP contribution < -0.4 is 0 Å². The molecule has 178 valence electrons. The van der Waals surface area contributed by atoms with Gasteiger partial charge in [-0.25, -0.2) is 4.39 Å². The Morgan fingerprint density at radius 1 is 1.00 bits per heavy atom. The van der Waals surface area contributed by atoms with Crippen molar-refractivity contribution in [3.63, 3.8) is 0 Å². The molecule has 4 aromatic rings. The molecule has 0 N–H and O–H groups in total. The van der Waals surface area contributed by atoms with Crippen LogP contribution in [0.5, 0.6) is 0 Å². The van der Waals surface area contributed by atoms with Crippen LogP contribution in [0.4, 0.5) is 4.39 Å². The van der Waals surface area contributed by atoms with Crippen LogP contribution in [-0.2, 0) is 5.75 Å². The molecule has 0 unspecified atom stereocenters. The molecule has 1 saturated heterocycles. The van der Waals surface area contributed by atoms with Crippen molar-refractivity contribution in [1.29, 1.82) is 0 Å². The average molecular weight is 483 g/mol. The summed E-state index contributed by atoms with van der Waals surface area (Å²) in [6, 6.07) is 8.40. The number of hydrogen-bond acceptors (Lipinski definition) is 8. The summed E-state index contributed by atoms with van der Waals surface area (Å²) in [5.41, 5.74) is 1.62. The highest BCUT2D eigenvalue weighted by atomic mass is 32.2. The first-order chi connectivity index (χ1) is 16.5. The highest BCUT2D eigenvalue weighted by Crippen LogP contribution is 2.32. The number of hydrogen-bond donors (Lipinski definition) is 0. The minimum atomic E-state index is -0.278. The van der Waals surface area contributed by atoms with E-state index in [1.165, 1.54) is 43.2 Å². The monoisotopic (exact) mass is 482 g/mol. The van der Waals surface area contributed by atoms with Crippen molar-refractivity contribution in [2.45, 2.75) is 57.0 Å². The fourth-order valence-corrected chi connectivity index (χ4v) is 5.13. The zero-order valence-electron chi connectivity index (χ0n) is 19.5. The Bertz CT molecular complexity index is 1260. The van der Waals surface area contributed by atoms with E-state index in [4.69, 9.17) is 8.83 Å². The first-order valence-electron chi connectivity index (χ1n) is 11.5. The third-order valence-corrected chi connectivity index (χ3v) is 7.03. The van der Waals surface area contributed by atoms with Crippen molar-refractivity contribution >= 4 is 11.8 Å². The Hall–Kier alpha value is -2.98. The van der Waals surface area contributed by atoms with Crippen molar-refractivity contribution in [3.05, 3.63) is 59.4 Å². The number of thioether (sulfide) groups is 1. The van der Waals surface area contributed by atoms with E-state index in [2.05, 4.69) is 32.2 Å². The molecule has 0 amide bonds. The fourth-order valence-electron chi connectivity index (χ4n) is 4.34. The third kappa shape index (κ3) is 4.65. The van der Waals surface area contributed by atoms with Crippen molar-refractivity contribution in [2.24, 2.45) is 0 Å². The van der Waals surface area contributed by atoms with Crippen LogP contribution in [0.3, 0.4) is 0 Å². The summed E-state index contributed by atoms with van der Waals surface area (Å²) in [5.74, 6) is 3.45. The van der Waals surface area contributed by atoms with Crippen LogP contribution in [0.1, 0.15) is 55.5 Å². The van der Waals surface area contributed by atoms with E-state index in [9.17, 15) is 4.39 Å². The first-order valence-corrected chi connectivity index (χ1v) is 12.5. The SMILES string of the molecule is Cc1cc(-c2nnc(CSc3nnc([C@@H](C)N4CCCCC4)n3-c3ccc(F)cc3)o2)c(C)o1. The van der Waals surface area contributed by atoms with Crippen molar-refractivity contribution < 1.29 is 13.2 Å². The van der Waals surface area contributed by atoms with Gasteiger partial charge in [-0.2, -0.15) is 0 Å². The lowest BCUT2D eigenvalue weighted by molar-refractivity contribution is 0.167. The third-order valence-electron chi connectivity index (χ3n) is 6.12. The summed E-state index contributed by atoms with van der Waals surface area (Å²) in [7, 11) is 0. The number of halogens is 1. The Kier molecular flexibility index (Phi) is 6.51. The van der Waals surface area contributed by atoms with Crippen LogP contribution in [-0.4, -0.2) is 43.0 Å². The Balaban J connectivity index is 1.40. The standard InChI is InChI=1S/C24H27FN6O2S/c1-15-13-20(17(3)32-15)23-28-26-21(33-23)14-34-24-29-27-22(16(2)30-11-5-4-6-12-30)31(24)19-9-7-18(25)8-10-19/h7-10,13,16H,4-6,11-12,14H2,1-3H3/t16-/m1/s1. The van der Waals surface area contributed by atoms with Gasteiger partial charge in [0.25, 0.3) is 5.89 Å². The van der Waals surface area contributed by atoms with Gasteiger partial charge in [-0.1, -0.05) is 18.2 Å². The zero-order chi connectivity index (χ0) is 23.7. The molecule has 4 heterocycles. The van der Waals surface area contributed by atoms with E-state index in [1.807, 2.05) is 24.5 Å². The summed E-state index contributed by atoms with van der Waals surface area (Å²) in [6.07, 6.45) is 3.64. The van der Waals surface area contributed by atoms with Gasteiger partial charge in [0.2, 0.25) is 5.89 Å². The van der Waals surface area contributed by atoms with E-state index < -0.39 is 0 Å². The highest BCUT2D eigenvalue weighted by molar-refractivity contribution is 7.98. The maximum atomic E-state index is 13.6. The maximum Gasteiger partial charge on any atom is 0.251 e. The molecule has 8 nitrogen and oxygen atoms in total. The van der Waals surface area contributed by atoms with Crippen LogP contribution in [0.15, 0.2) is 44.3 Å². The summed E-state index contributed by atoms with van der Waals surface area (Å²) in [6.45, 7) is 7.99. The second kappa shape index (κ2) is 9.71. The van der Waals surface area contributed by atoms with Crippen LogP contribution in [0.25, 0.3) is 17.1 Å². The average Bonchev–Trinajstić information content (AvgIpc) is 3.56. The largest absolute Gasteiger partial charge is 0.466 e. The van der Waals surface area contributed by atoms with Gasteiger partial charge in [-0.05, 0) is 77.0 Å². The molecule has 10 heteroatoms. The van der Waals surface area contributed by atoms with Gasteiger partial charge in [0.15, 0.2) is 11.0 Å². The molecular weight excluding hydrogens is 455 g/mol. The van der Waals surface area contributed by atoms with Gasteiger partial charge >= 0.3 is 0 Å². The minimum absolute atomic E-state index is 0.0921. The van der Waals surface area contributed by atoms with Crippen molar-refractivity contribution in [3.8, 4) is 17.1 Å². The number of benzene rings is 1. The number of furan rings is 1. The summed E-state index contributed by atoms with van der Waals surface area (Å²) in [5, 5.41) is 18.1. The molecule has 1 fully saturated rings. The van der Waals surface area contributed by atoms with E-state index in [0.717, 1.165) is 41.7 Å². The molecule has 1 aromatic carbocycles. The second-order valence-corrected chi connectivity index (χ2v) is 9.48. The van der Waals surface area contributed by atoms with Crippen molar-refractivity contribution in [1.82, 2.24) is 29.9 Å². The van der Waals surface area contributed by atoms with Gasteiger partial charge in [-0.3, -0.25) is 9.47 Å². The molecular formula is C24H27FN6O2S. The molecule has 34 heavy (non-hydrogen) atoms. The van der Waals surface area contributed by atoms with Gasteiger partial charge < -0.3 is 8.83 Å². The number of piperidine rings is 1. The molecule has 0 radical (unpaired) electrons. The zero-order valence-corrected chi connectivity index (χ0v) is 20.3. The number of rotatable bonds is 7. The Morgan fingerprint density at radius 3 is 2.47 bits per heavy atom. The summed E-state index contributed by atoms with van der Waals surface area (Å²) in [4.78, 5) is 2.43. The molecule has 0 saturated carbocycles. The van der Waals surface area contributed by atoms with Crippen LogP contribution in [0.2, 0.25) is 0 Å². The number of aromatic nitrogens is 5. The number of nitrogens with zero attached hydrogens (tertiary/aromatic N) is 6. The number of aryl methyl sites for hydroxylation is 2. The molecule has 1 atom stereocenters. The maximum absolute atomic E-state index is 13.6. The minimum Gasteiger partial charge on any atom is -0.466 e. The van der Waals surface area contributed by atoms with Gasteiger partial charge in [0.1, 0.15) is 17.3 Å². The first kappa shape index (κ1) is 22.8. The van der Waals surface area contributed by atoms with Crippen LogP contribution >= 0.6 is 11.8 Å². The Morgan fingerprint density at radius 2 is 1.76 bits per heavy atom. The van der Waals surface area contributed by atoms with E-state index in [1.54, 1.807) is 12.1 Å². The summed E-state index contributed by atoms with van der Waals surface area (Å²) < 4.78 is 27.1. The van der Waals surface area contributed by atoms with E-state index in [0.29, 0.717) is 22.7 Å². The van der Waals surface area contributed by atoms with E-state index in [-0.39, 0.29) is 11.9 Å². The lowest BCUT2D eigenvalue weighted by Gasteiger charge is -2.31. The lowest BCUT2D eigenvalue weighted by atomic mass is 10.1. The molecule has 1 aliphatic rings. The fraction of sp³-hybridized carbons (Fsp3) is 0.417. The molecule has 5 rings (SSSR count). The predicted molar refractivity (Wildman–Crippen MR) is 126 cm³/mol. The van der Waals surface area contributed by atoms with Gasteiger partial charge in [0.05, 0.1) is 17.4 Å². The molecule has 0 spiro atoms.